The third-order valence-electron chi connectivity index (χ3n) is 6.93. The van der Waals surface area contributed by atoms with E-state index in [2.05, 4.69) is 23.9 Å². The van der Waals surface area contributed by atoms with Gasteiger partial charge in [-0.1, -0.05) is 39.2 Å². The van der Waals surface area contributed by atoms with Crippen molar-refractivity contribution in [1.29, 1.82) is 0 Å². The molecule has 1 heterocycles. The Morgan fingerprint density at radius 2 is 1.86 bits per heavy atom. The molecule has 1 saturated heterocycles. The Balaban J connectivity index is 1.85. The van der Waals surface area contributed by atoms with Gasteiger partial charge in [-0.2, -0.15) is 0 Å². The van der Waals surface area contributed by atoms with Crippen LogP contribution in [0.3, 0.4) is 0 Å². The van der Waals surface area contributed by atoms with Gasteiger partial charge in [0.1, 0.15) is 0 Å². The zero-order valence-corrected chi connectivity index (χ0v) is 23.3. The van der Waals surface area contributed by atoms with E-state index >= 15 is 0 Å². The van der Waals surface area contributed by atoms with Crippen LogP contribution in [0.2, 0.25) is 0 Å². The fourth-order valence-corrected chi connectivity index (χ4v) is 6.08. The first kappa shape index (κ1) is 28.8. The molecule has 0 spiro atoms. The van der Waals surface area contributed by atoms with Crippen molar-refractivity contribution in [2.24, 2.45) is 5.92 Å². The highest BCUT2D eigenvalue weighted by molar-refractivity contribution is 7.92. The van der Waals surface area contributed by atoms with Crippen LogP contribution in [0.15, 0.2) is 47.4 Å². The van der Waals surface area contributed by atoms with Crippen LogP contribution in [0.4, 0.5) is 5.69 Å². The van der Waals surface area contributed by atoms with Gasteiger partial charge >= 0.3 is 0 Å². The molecule has 204 valence electrons. The zero-order valence-electron chi connectivity index (χ0n) is 22.5. The molecule has 8 nitrogen and oxygen atoms in total. The molecular weight excluding hydrogens is 490 g/mol. The van der Waals surface area contributed by atoms with Crippen LogP contribution in [-0.4, -0.2) is 59.1 Å². The molecule has 37 heavy (non-hydrogen) atoms. The number of ether oxygens (including phenoxy) is 2. The highest BCUT2D eigenvalue weighted by Gasteiger charge is 2.32. The molecule has 2 N–H and O–H groups in total. The van der Waals surface area contributed by atoms with Gasteiger partial charge in [-0.3, -0.25) is 9.52 Å². The summed E-state index contributed by atoms with van der Waals surface area (Å²) in [6.07, 6.45) is 6.45. The van der Waals surface area contributed by atoms with Gasteiger partial charge in [0.25, 0.3) is 15.9 Å². The van der Waals surface area contributed by atoms with E-state index < -0.39 is 10.0 Å². The second-order valence-corrected chi connectivity index (χ2v) is 11.2. The Bertz CT molecular complexity index is 1140. The van der Waals surface area contributed by atoms with E-state index in [4.69, 9.17) is 9.47 Å². The minimum absolute atomic E-state index is 0.0406. The summed E-state index contributed by atoms with van der Waals surface area (Å²) in [6, 6.07) is 11.3. The van der Waals surface area contributed by atoms with Crippen molar-refractivity contribution >= 4 is 21.6 Å². The summed E-state index contributed by atoms with van der Waals surface area (Å²) in [5.41, 5.74) is 0.811. The second kappa shape index (κ2) is 13.7. The number of amides is 1. The number of sulfonamides is 1. The highest BCUT2D eigenvalue weighted by atomic mass is 32.2. The molecule has 0 bridgehead atoms. The molecular formula is C28H41N3O5S. The minimum Gasteiger partial charge on any atom is -0.493 e. The van der Waals surface area contributed by atoms with Crippen molar-refractivity contribution in [1.82, 2.24) is 10.2 Å². The molecule has 3 rings (SSSR count). The number of benzene rings is 2. The quantitative estimate of drug-likeness (QED) is 0.404. The predicted molar refractivity (Wildman–Crippen MR) is 147 cm³/mol. The Kier molecular flexibility index (Phi) is 10.6. The Morgan fingerprint density at radius 3 is 2.57 bits per heavy atom. The zero-order chi connectivity index (χ0) is 26.8. The summed E-state index contributed by atoms with van der Waals surface area (Å²) < 4.78 is 39.3. The van der Waals surface area contributed by atoms with Crippen molar-refractivity contribution in [2.45, 2.75) is 63.3 Å². The van der Waals surface area contributed by atoms with Crippen LogP contribution in [0.25, 0.3) is 0 Å². The van der Waals surface area contributed by atoms with E-state index in [-0.39, 0.29) is 16.8 Å². The van der Waals surface area contributed by atoms with E-state index in [0.29, 0.717) is 35.2 Å². The number of carbonyl (C=O) groups is 1. The fourth-order valence-electron chi connectivity index (χ4n) is 5.02. The van der Waals surface area contributed by atoms with Crippen molar-refractivity contribution in [3.05, 3.63) is 48.0 Å². The summed E-state index contributed by atoms with van der Waals surface area (Å²) >= 11 is 0. The van der Waals surface area contributed by atoms with Gasteiger partial charge in [-0.05, 0) is 62.1 Å². The second-order valence-electron chi connectivity index (χ2n) is 9.52. The first-order valence-corrected chi connectivity index (χ1v) is 14.7. The maximum absolute atomic E-state index is 13.8. The van der Waals surface area contributed by atoms with Gasteiger partial charge < -0.3 is 19.7 Å². The molecule has 2 atom stereocenters. The number of unbranched alkanes of at least 4 members (excludes halogenated alkanes) is 1. The number of nitrogens with zero attached hydrogens (tertiary/aromatic N) is 1. The van der Waals surface area contributed by atoms with Crippen molar-refractivity contribution < 1.29 is 22.7 Å². The van der Waals surface area contributed by atoms with Gasteiger partial charge in [-0.15, -0.1) is 0 Å². The van der Waals surface area contributed by atoms with Gasteiger partial charge in [0.05, 0.1) is 19.1 Å². The van der Waals surface area contributed by atoms with E-state index in [1.807, 2.05) is 4.90 Å². The summed E-state index contributed by atoms with van der Waals surface area (Å²) in [7, 11) is -0.960. The number of hydrogen-bond acceptors (Lipinski definition) is 6. The maximum Gasteiger partial charge on any atom is 0.262 e. The largest absolute Gasteiger partial charge is 0.493 e. The number of anilines is 1. The minimum atomic E-state index is -3.91. The lowest BCUT2D eigenvalue weighted by Gasteiger charge is -2.36. The molecule has 2 aromatic rings. The lowest BCUT2D eigenvalue weighted by atomic mass is 9.88. The highest BCUT2D eigenvalue weighted by Crippen LogP contribution is 2.31. The van der Waals surface area contributed by atoms with Gasteiger partial charge in [-0.25, -0.2) is 8.42 Å². The van der Waals surface area contributed by atoms with Crippen molar-refractivity contribution in [3.8, 4) is 11.5 Å². The van der Waals surface area contributed by atoms with Gasteiger partial charge in [0, 0.05) is 36.4 Å². The van der Waals surface area contributed by atoms with Crippen LogP contribution in [0.5, 0.6) is 11.5 Å². The lowest BCUT2D eigenvalue weighted by molar-refractivity contribution is 0.0609. The molecule has 2 aromatic carbocycles. The Hall–Kier alpha value is -2.78. The molecule has 1 aliphatic rings. The first-order valence-electron chi connectivity index (χ1n) is 13.2. The van der Waals surface area contributed by atoms with Crippen LogP contribution in [0.1, 0.15) is 62.7 Å². The van der Waals surface area contributed by atoms with E-state index in [0.717, 1.165) is 51.6 Å². The SMILES string of the molecule is CCCCC(CCC)C1CNCCCN1C(=O)c1cccc(NS(=O)(=O)c2ccc(OC)c(OC)c2)c1. The predicted octanol–water partition coefficient (Wildman–Crippen LogP) is 4.92. The molecule has 1 amide bonds. The normalized spacial score (nSPS) is 17.1. The van der Waals surface area contributed by atoms with E-state index in [1.165, 1.54) is 26.4 Å². The van der Waals surface area contributed by atoms with Gasteiger partial charge in [0.15, 0.2) is 11.5 Å². The van der Waals surface area contributed by atoms with Crippen LogP contribution in [0, 0.1) is 5.92 Å². The number of carbonyl (C=O) groups excluding carboxylic acids is 1. The Morgan fingerprint density at radius 1 is 1.08 bits per heavy atom. The number of rotatable bonds is 12. The maximum atomic E-state index is 13.8. The summed E-state index contributed by atoms with van der Waals surface area (Å²) in [5, 5.41) is 3.52. The molecule has 0 aliphatic carbocycles. The van der Waals surface area contributed by atoms with Crippen molar-refractivity contribution in [3.63, 3.8) is 0 Å². The van der Waals surface area contributed by atoms with E-state index in [1.54, 1.807) is 30.3 Å². The average molecular weight is 532 g/mol. The van der Waals surface area contributed by atoms with Crippen LogP contribution < -0.4 is 19.5 Å². The molecule has 9 heteroatoms. The molecule has 0 radical (unpaired) electrons. The van der Waals surface area contributed by atoms with Gasteiger partial charge in [0.2, 0.25) is 0 Å². The Labute approximate surface area is 221 Å². The smallest absolute Gasteiger partial charge is 0.262 e. The summed E-state index contributed by atoms with van der Waals surface area (Å²) in [4.78, 5) is 15.8. The number of methoxy groups -OCH3 is 2. The fraction of sp³-hybridized carbons (Fsp3) is 0.536. The summed E-state index contributed by atoms with van der Waals surface area (Å²) in [5.74, 6) is 1.14. The third-order valence-corrected chi connectivity index (χ3v) is 8.31. The molecule has 1 fully saturated rings. The first-order chi connectivity index (χ1) is 17.8. The van der Waals surface area contributed by atoms with E-state index in [9.17, 15) is 13.2 Å². The number of hydrogen-bond donors (Lipinski definition) is 2. The molecule has 2 unspecified atom stereocenters. The van der Waals surface area contributed by atoms with Crippen molar-refractivity contribution in [2.75, 3.05) is 38.6 Å². The number of nitrogens with one attached hydrogen (secondary N) is 2. The monoisotopic (exact) mass is 531 g/mol. The van der Waals surface area contributed by atoms with Crippen LogP contribution >= 0.6 is 0 Å². The lowest BCUT2D eigenvalue weighted by Crippen LogP contribution is -2.48. The molecule has 0 saturated carbocycles. The summed E-state index contributed by atoms with van der Waals surface area (Å²) in [6.45, 7) is 6.75. The molecule has 1 aliphatic heterocycles. The standard InChI is InChI=1S/C28H41N3O5S/c1-5-7-11-21(10-6-2)25-20-29-16-9-17-31(25)28(32)22-12-8-13-23(18-22)30-37(33,34)24-14-15-26(35-3)27(19-24)36-4/h8,12-15,18-19,21,25,29-30H,5-7,9-11,16-17,20H2,1-4H3. The topological polar surface area (TPSA) is 97.0 Å². The molecule has 0 aromatic heterocycles. The third kappa shape index (κ3) is 7.38. The average Bonchev–Trinajstić information content (AvgIpc) is 3.16. The van der Waals surface area contributed by atoms with Crippen LogP contribution in [-0.2, 0) is 10.0 Å².